The summed E-state index contributed by atoms with van der Waals surface area (Å²) < 4.78 is 0. The normalized spacial score (nSPS) is 9.68. The van der Waals surface area contributed by atoms with E-state index >= 15 is 0 Å². The van der Waals surface area contributed by atoms with Crippen LogP contribution < -0.4 is 0 Å². The number of carbonyl (C=O) groups excluding carboxylic acids is 1. The Kier molecular flexibility index (Phi) is 4.73. The number of hydrogen-bond donors (Lipinski definition) is 0. The fourth-order valence-electron chi connectivity index (χ4n) is 1.97. The number of thiocarbonyl (C=S) groups is 1. The van der Waals surface area contributed by atoms with Crippen molar-refractivity contribution >= 4 is 23.3 Å². The molecule has 0 radical (unpaired) electrons. The second-order valence-corrected chi connectivity index (χ2v) is 4.33. The Morgan fingerprint density at radius 3 is 2.42 bits per heavy atom. The highest BCUT2D eigenvalue weighted by atomic mass is 32.1. The molecule has 94 valence electrons. The number of aryl methyl sites for hydroxylation is 2. The monoisotopic (exact) mass is 267 g/mol. The second-order valence-electron chi connectivity index (χ2n) is 4.15. The second kappa shape index (κ2) is 6.74. The van der Waals surface area contributed by atoms with Crippen LogP contribution in [-0.2, 0) is 12.8 Å². The maximum Gasteiger partial charge on any atom is 0.286 e. The lowest BCUT2D eigenvalue weighted by atomic mass is 9.99. The van der Waals surface area contributed by atoms with E-state index in [4.69, 9.17) is 0 Å². The summed E-state index contributed by atoms with van der Waals surface area (Å²) in [5.41, 5.74) is 2.85. The molecule has 2 aromatic carbocycles. The van der Waals surface area contributed by atoms with Gasteiger partial charge in [-0.25, -0.2) is 0 Å². The van der Waals surface area contributed by atoms with Crippen molar-refractivity contribution < 1.29 is 4.79 Å². The lowest BCUT2D eigenvalue weighted by Crippen LogP contribution is -2.02. The van der Waals surface area contributed by atoms with Crippen LogP contribution >= 0.6 is 12.2 Å². The quantitative estimate of drug-likeness (QED) is 0.624. The molecular formula is C16H13NOS. The van der Waals surface area contributed by atoms with E-state index in [1.54, 1.807) is 6.07 Å². The summed E-state index contributed by atoms with van der Waals surface area (Å²) in [7, 11) is 0. The molecule has 2 aromatic rings. The third-order valence-electron chi connectivity index (χ3n) is 2.92. The molecule has 0 aliphatic rings. The molecule has 1 amide bonds. The first-order valence-electron chi connectivity index (χ1n) is 6.05. The average Bonchev–Trinajstić information content (AvgIpc) is 2.47. The van der Waals surface area contributed by atoms with Crippen molar-refractivity contribution in [2.45, 2.75) is 12.8 Å². The van der Waals surface area contributed by atoms with Crippen molar-refractivity contribution in [2.75, 3.05) is 0 Å². The number of hydrogen-bond acceptors (Lipinski definition) is 2. The number of isothiocyanates is 1. The van der Waals surface area contributed by atoms with Gasteiger partial charge in [-0.1, -0.05) is 48.5 Å². The maximum atomic E-state index is 11.8. The molecule has 2 nitrogen and oxygen atoms in total. The summed E-state index contributed by atoms with van der Waals surface area (Å²) in [5.74, 6) is -0.321. The zero-order valence-electron chi connectivity index (χ0n) is 10.4. The highest BCUT2D eigenvalue weighted by molar-refractivity contribution is 7.78. The number of benzene rings is 2. The number of amides is 1. The molecule has 0 spiro atoms. The highest BCUT2D eigenvalue weighted by Crippen LogP contribution is 2.13. The van der Waals surface area contributed by atoms with E-state index in [9.17, 15) is 4.79 Å². The van der Waals surface area contributed by atoms with Crippen LogP contribution in [-0.4, -0.2) is 11.1 Å². The Hall–Kier alpha value is -2.09. The Bertz CT molecular complexity index is 616. The first-order valence-corrected chi connectivity index (χ1v) is 6.46. The number of carbonyl (C=O) groups is 1. The van der Waals surface area contributed by atoms with Gasteiger partial charge in [-0.3, -0.25) is 4.79 Å². The predicted molar refractivity (Wildman–Crippen MR) is 79.6 cm³/mol. The van der Waals surface area contributed by atoms with Gasteiger partial charge in [0.2, 0.25) is 0 Å². The Labute approximate surface area is 117 Å². The van der Waals surface area contributed by atoms with Gasteiger partial charge in [-0.05, 0) is 42.3 Å². The number of aliphatic imine (C=N–C) groups is 1. The Morgan fingerprint density at radius 1 is 1.00 bits per heavy atom. The summed E-state index contributed by atoms with van der Waals surface area (Å²) in [6.45, 7) is 0. The van der Waals surface area contributed by atoms with E-state index in [2.05, 4.69) is 34.5 Å². The maximum absolute atomic E-state index is 11.8. The molecule has 3 heteroatoms. The van der Waals surface area contributed by atoms with E-state index in [1.165, 1.54) is 5.56 Å². The molecule has 0 saturated carbocycles. The minimum Gasteiger partial charge on any atom is -0.266 e. The molecule has 0 saturated heterocycles. The summed E-state index contributed by atoms with van der Waals surface area (Å²) in [6.07, 6.45) is 1.70. The van der Waals surface area contributed by atoms with Crippen LogP contribution in [0.15, 0.2) is 59.6 Å². The van der Waals surface area contributed by atoms with Gasteiger partial charge in [0, 0.05) is 5.56 Å². The topological polar surface area (TPSA) is 29.4 Å². The largest absolute Gasteiger partial charge is 0.286 e. The highest BCUT2D eigenvalue weighted by Gasteiger charge is 2.09. The van der Waals surface area contributed by atoms with Crippen molar-refractivity contribution in [2.24, 2.45) is 4.99 Å². The molecule has 0 N–H and O–H groups in total. The Morgan fingerprint density at radius 2 is 1.68 bits per heavy atom. The van der Waals surface area contributed by atoms with Crippen LogP contribution in [0.1, 0.15) is 21.5 Å². The fourth-order valence-corrected chi connectivity index (χ4v) is 2.06. The van der Waals surface area contributed by atoms with E-state index in [-0.39, 0.29) is 5.91 Å². The van der Waals surface area contributed by atoms with Crippen molar-refractivity contribution in [1.29, 1.82) is 0 Å². The zero-order valence-corrected chi connectivity index (χ0v) is 11.2. The minimum absolute atomic E-state index is 0.321. The van der Waals surface area contributed by atoms with Gasteiger partial charge in [0.05, 0.1) is 5.16 Å². The van der Waals surface area contributed by atoms with Crippen molar-refractivity contribution in [1.82, 2.24) is 0 Å². The molecular weight excluding hydrogens is 254 g/mol. The predicted octanol–water partition coefficient (Wildman–Crippen LogP) is 3.71. The lowest BCUT2D eigenvalue weighted by molar-refractivity contribution is 0.100. The molecule has 0 fully saturated rings. The van der Waals surface area contributed by atoms with Crippen LogP contribution in [0.25, 0.3) is 0 Å². The van der Waals surface area contributed by atoms with Crippen LogP contribution in [0.2, 0.25) is 0 Å². The molecule has 0 aliphatic carbocycles. The average molecular weight is 267 g/mol. The van der Waals surface area contributed by atoms with E-state index in [0.29, 0.717) is 5.56 Å². The summed E-state index contributed by atoms with van der Waals surface area (Å²) >= 11 is 4.48. The van der Waals surface area contributed by atoms with Crippen LogP contribution in [0.3, 0.4) is 0 Å². The van der Waals surface area contributed by atoms with Gasteiger partial charge in [-0.2, -0.15) is 4.99 Å². The molecule has 0 bridgehead atoms. The summed E-state index contributed by atoms with van der Waals surface area (Å²) in [5, 5.41) is 2.13. The van der Waals surface area contributed by atoms with Crippen LogP contribution in [0.5, 0.6) is 0 Å². The first-order chi connectivity index (χ1) is 9.31. The van der Waals surface area contributed by atoms with Gasteiger partial charge in [0.25, 0.3) is 5.91 Å². The van der Waals surface area contributed by atoms with Crippen molar-refractivity contribution in [3.63, 3.8) is 0 Å². The molecule has 0 aromatic heterocycles. The third-order valence-corrected chi connectivity index (χ3v) is 3.01. The molecule has 0 unspecified atom stereocenters. The van der Waals surface area contributed by atoms with Crippen LogP contribution in [0.4, 0.5) is 0 Å². The standard InChI is InChI=1S/C16H13NOS/c18-16(17-12-19)15-9-5-4-8-14(15)11-10-13-6-2-1-3-7-13/h1-9H,10-11H2. The van der Waals surface area contributed by atoms with Crippen molar-refractivity contribution in [3.05, 3.63) is 71.3 Å². The van der Waals surface area contributed by atoms with E-state index in [1.807, 2.05) is 36.4 Å². The van der Waals surface area contributed by atoms with Gasteiger partial charge >= 0.3 is 0 Å². The summed E-state index contributed by atoms with van der Waals surface area (Å²) in [4.78, 5) is 15.3. The fraction of sp³-hybridized carbons (Fsp3) is 0.125. The Balaban J connectivity index is 2.16. The molecule has 19 heavy (non-hydrogen) atoms. The van der Waals surface area contributed by atoms with Crippen molar-refractivity contribution in [3.8, 4) is 0 Å². The summed E-state index contributed by atoms with van der Waals surface area (Å²) in [6, 6.07) is 17.7. The molecule has 0 atom stereocenters. The van der Waals surface area contributed by atoms with Gasteiger partial charge < -0.3 is 0 Å². The zero-order chi connectivity index (χ0) is 13.5. The van der Waals surface area contributed by atoms with E-state index in [0.717, 1.165) is 18.4 Å². The number of nitrogens with zero attached hydrogens (tertiary/aromatic N) is 1. The lowest BCUT2D eigenvalue weighted by Gasteiger charge is -2.06. The SMILES string of the molecule is O=C(N=C=S)c1ccccc1CCc1ccccc1. The first kappa shape index (κ1) is 13.3. The molecule has 0 heterocycles. The van der Waals surface area contributed by atoms with Gasteiger partial charge in [0.15, 0.2) is 0 Å². The molecule has 0 aliphatic heterocycles. The minimum atomic E-state index is -0.321. The van der Waals surface area contributed by atoms with E-state index < -0.39 is 0 Å². The van der Waals surface area contributed by atoms with Gasteiger partial charge in [0.1, 0.15) is 0 Å². The number of rotatable bonds is 4. The molecule has 2 rings (SSSR count). The third kappa shape index (κ3) is 3.68. The van der Waals surface area contributed by atoms with Gasteiger partial charge in [-0.15, -0.1) is 0 Å². The van der Waals surface area contributed by atoms with Crippen LogP contribution in [0, 0.1) is 0 Å². The smallest absolute Gasteiger partial charge is 0.266 e.